The zero-order chi connectivity index (χ0) is 45.2. The molecule has 0 radical (unpaired) electrons. The number of ether oxygens (including phenoxy) is 6. The number of aliphatic hydroxyl groups is 11. The summed E-state index contributed by atoms with van der Waals surface area (Å²) in [7, 11) is 0. The highest BCUT2D eigenvalue weighted by Crippen LogP contribution is 2.68. The third-order valence-electron chi connectivity index (χ3n) is 16.8. The molecular formula is C45H76O17. The zero-order valence-corrected chi connectivity index (χ0v) is 37.1. The molecule has 7 aliphatic rings. The number of fused-ring (bicyclic) bond motifs is 5. The van der Waals surface area contributed by atoms with E-state index in [1.54, 1.807) is 0 Å². The van der Waals surface area contributed by atoms with Crippen LogP contribution in [0, 0.1) is 46.3 Å². The predicted octanol–water partition coefficient (Wildman–Crippen LogP) is -0.169. The molecule has 6 fully saturated rings. The molecule has 3 saturated carbocycles. The average molecular weight is 889 g/mol. The second-order valence-corrected chi connectivity index (χ2v) is 20.8. The Morgan fingerprint density at radius 1 is 0.694 bits per heavy atom. The van der Waals surface area contributed by atoms with Crippen molar-refractivity contribution in [2.24, 2.45) is 46.3 Å². The number of rotatable bonds is 13. The molecule has 25 unspecified atom stereocenters. The predicted molar refractivity (Wildman–Crippen MR) is 218 cm³/mol. The third-order valence-corrected chi connectivity index (χ3v) is 16.8. The second-order valence-electron chi connectivity index (χ2n) is 20.8. The molecular weight excluding hydrogens is 812 g/mol. The van der Waals surface area contributed by atoms with Gasteiger partial charge in [0, 0.05) is 0 Å². The van der Waals surface area contributed by atoms with Crippen molar-refractivity contribution in [3.63, 3.8) is 0 Å². The Bertz CT molecular complexity index is 1520. The van der Waals surface area contributed by atoms with Crippen LogP contribution in [-0.2, 0) is 28.4 Å². The molecule has 17 nitrogen and oxygen atoms in total. The minimum absolute atomic E-state index is 0.0985. The fourth-order valence-corrected chi connectivity index (χ4v) is 13.0. The van der Waals surface area contributed by atoms with Gasteiger partial charge in [-0.2, -0.15) is 0 Å². The number of aliphatic hydroxyl groups excluding tert-OH is 11. The Labute approximate surface area is 364 Å². The van der Waals surface area contributed by atoms with Gasteiger partial charge in [0.2, 0.25) is 0 Å². The van der Waals surface area contributed by atoms with Crippen LogP contribution in [-0.4, -0.2) is 180 Å². The Kier molecular flexibility index (Phi) is 15.3. The highest BCUT2D eigenvalue weighted by molar-refractivity contribution is 5.26. The Morgan fingerprint density at radius 3 is 1.97 bits per heavy atom. The minimum Gasteiger partial charge on any atom is -0.394 e. The Hall–Kier alpha value is -0.940. The van der Waals surface area contributed by atoms with E-state index < -0.39 is 118 Å². The van der Waals surface area contributed by atoms with Crippen LogP contribution in [0.2, 0.25) is 0 Å². The number of allylic oxidation sites excluding steroid dienone is 1. The van der Waals surface area contributed by atoms with E-state index in [0.717, 1.165) is 32.1 Å². The van der Waals surface area contributed by atoms with Crippen LogP contribution in [0.3, 0.4) is 0 Å². The van der Waals surface area contributed by atoms with Crippen molar-refractivity contribution in [2.75, 3.05) is 13.2 Å². The maximum Gasteiger partial charge on any atom is 0.187 e. The van der Waals surface area contributed by atoms with Gasteiger partial charge in [0.05, 0.1) is 37.6 Å². The van der Waals surface area contributed by atoms with Gasteiger partial charge >= 0.3 is 0 Å². The van der Waals surface area contributed by atoms with Gasteiger partial charge in [-0.3, -0.25) is 0 Å². The standard InChI is InChI=1S/C45H76O17/c1-19(2)7-10-27(48)20(3)31-28(59-43-38(55)35(52)33(50)29(17-46)60-43)16-26-24-9-8-22-15-23(11-13-44(22,5)25(24)12-14-45(26,31)6)58-42-39(56)36(53)40(30(18-47)61-42)62-41-37(54)34(51)32(49)21(4)57-41/h8,19-21,23-43,46-56H,7,9-18H2,1-6H3. The van der Waals surface area contributed by atoms with Gasteiger partial charge in [-0.15, -0.1) is 0 Å². The fraction of sp³-hybridized carbons (Fsp3) is 0.956. The van der Waals surface area contributed by atoms with Gasteiger partial charge in [-0.25, -0.2) is 0 Å². The lowest BCUT2D eigenvalue weighted by atomic mass is 9.47. The van der Waals surface area contributed by atoms with Crippen molar-refractivity contribution in [1.82, 2.24) is 0 Å². The largest absolute Gasteiger partial charge is 0.394 e. The van der Waals surface area contributed by atoms with Crippen LogP contribution in [0.5, 0.6) is 0 Å². The molecule has 0 aromatic heterocycles. The van der Waals surface area contributed by atoms with Crippen LogP contribution >= 0.6 is 0 Å². The van der Waals surface area contributed by atoms with Crippen LogP contribution in [0.1, 0.15) is 99.3 Å². The highest BCUT2D eigenvalue weighted by atomic mass is 16.7. The summed E-state index contributed by atoms with van der Waals surface area (Å²) in [6.45, 7) is 11.4. The molecule has 0 bridgehead atoms. The van der Waals surface area contributed by atoms with Gasteiger partial charge in [-0.1, -0.05) is 46.3 Å². The first-order valence-electron chi connectivity index (χ1n) is 23.2. The highest BCUT2D eigenvalue weighted by Gasteiger charge is 2.64. The van der Waals surface area contributed by atoms with E-state index in [0.29, 0.717) is 43.4 Å². The zero-order valence-electron chi connectivity index (χ0n) is 37.1. The van der Waals surface area contributed by atoms with E-state index in [9.17, 15) is 56.2 Å². The van der Waals surface area contributed by atoms with Crippen molar-refractivity contribution in [2.45, 2.75) is 210 Å². The molecule has 3 heterocycles. The minimum atomic E-state index is -1.66. The van der Waals surface area contributed by atoms with Crippen LogP contribution in [0.4, 0.5) is 0 Å². The van der Waals surface area contributed by atoms with E-state index >= 15 is 0 Å². The Morgan fingerprint density at radius 2 is 1.31 bits per heavy atom. The van der Waals surface area contributed by atoms with E-state index in [-0.39, 0.29) is 34.7 Å². The van der Waals surface area contributed by atoms with Gasteiger partial charge in [0.15, 0.2) is 18.9 Å². The lowest BCUT2D eigenvalue weighted by Gasteiger charge is -2.58. The molecule has 0 amide bonds. The molecule has 17 heteroatoms. The van der Waals surface area contributed by atoms with Gasteiger partial charge in [0.25, 0.3) is 0 Å². The summed E-state index contributed by atoms with van der Waals surface area (Å²) in [5.74, 6) is 1.03. The molecule has 0 aromatic rings. The van der Waals surface area contributed by atoms with Gasteiger partial charge in [0.1, 0.15) is 67.1 Å². The molecule has 3 aliphatic heterocycles. The monoisotopic (exact) mass is 889 g/mol. The number of hydrogen-bond donors (Lipinski definition) is 11. The maximum absolute atomic E-state index is 11.7. The second kappa shape index (κ2) is 19.3. The lowest BCUT2D eigenvalue weighted by Crippen LogP contribution is -2.64. The molecule has 3 saturated heterocycles. The summed E-state index contributed by atoms with van der Waals surface area (Å²) >= 11 is 0. The lowest BCUT2D eigenvalue weighted by molar-refractivity contribution is -0.360. The SMILES string of the molecule is CC(C)CCC(O)C(C)C1C(OC2OC(CO)C(O)C(O)C2O)CC2C3CC=C4CC(OC5OC(CO)C(OC6OC(C)C(O)C(O)C6O)C(O)C5O)CCC4(C)C3CCC21C. The molecule has 7 rings (SSSR count). The summed E-state index contributed by atoms with van der Waals surface area (Å²) in [4.78, 5) is 0. The topological polar surface area (TPSA) is 278 Å². The fourth-order valence-electron chi connectivity index (χ4n) is 13.0. The van der Waals surface area contributed by atoms with E-state index in [1.807, 2.05) is 0 Å². The van der Waals surface area contributed by atoms with Crippen LogP contribution in [0.15, 0.2) is 11.6 Å². The van der Waals surface area contributed by atoms with E-state index in [4.69, 9.17) is 28.4 Å². The molecule has 11 N–H and O–H groups in total. The summed E-state index contributed by atoms with van der Waals surface area (Å²) in [5.41, 5.74) is 0.900. The van der Waals surface area contributed by atoms with E-state index in [2.05, 4.69) is 40.7 Å². The van der Waals surface area contributed by atoms with Crippen molar-refractivity contribution in [3.8, 4) is 0 Å². The van der Waals surface area contributed by atoms with Crippen molar-refractivity contribution in [3.05, 3.63) is 11.6 Å². The molecule has 4 aliphatic carbocycles. The average Bonchev–Trinajstić information content (AvgIpc) is 3.54. The quantitative estimate of drug-likeness (QED) is 0.107. The van der Waals surface area contributed by atoms with Crippen molar-refractivity contribution >= 4 is 0 Å². The van der Waals surface area contributed by atoms with Crippen LogP contribution < -0.4 is 0 Å². The maximum atomic E-state index is 11.7. The Balaban J connectivity index is 1.05. The van der Waals surface area contributed by atoms with Gasteiger partial charge in [-0.05, 0) is 111 Å². The summed E-state index contributed by atoms with van der Waals surface area (Å²) in [5, 5.41) is 117. The number of hydrogen-bond acceptors (Lipinski definition) is 17. The summed E-state index contributed by atoms with van der Waals surface area (Å²) < 4.78 is 36.2. The molecule has 358 valence electrons. The van der Waals surface area contributed by atoms with E-state index in [1.165, 1.54) is 12.5 Å². The third kappa shape index (κ3) is 8.96. The first-order valence-corrected chi connectivity index (χ1v) is 23.2. The van der Waals surface area contributed by atoms with Crippen molar-refractivity contribution in [1.29, 1.82) is 0 Å². The molecule has 0 aromatic carbocycles. The van der Waals surface area contributed by atoms with Crippen molar-refractivity contribution < 1.29 is 84.6 Å². The van der Waals surface area contributed by atoms with Crippen LogP contribution in [0.25, 0.3) is 0 Å². The molecule has 0 spiro atoms. The molecule has 62 heavy (non-hydrogen) atoms. The summed E-state index contributed by atoms with van der Waals surface area (Å²) in [6, 6.07) is 0. The summed E-state index contributed by atoms with van der Waals surface area (Å²) in [6.07, 6.45) is -13.1. The smallest absolute Gasteiger partial charge is 0.187 e. The molecule has 25 atom stereocenters. The van der Waals surface area contributed by atoms with Gasteiger partial charge < -0.3 is 84.6 Å². The first-order chi connectivity index (χ1) is 29.2. The normalized spacial score (nSPS) is 51.8. The first kappa shape index (κ1) is 49.0.